The van der Waals surface area contributed by atoms with Gasteiger partial charge in [-0.3, -0.25) is 10.5 Å². The van der Waals surface area contributed by atoms with Crippen molar-refractivity contribution < 1.29 is 40.4 Å². The fourth-order valence-corrected chi connectivity index (χ4v) is 15.1. The number of Topliss-reactive ketones (excluding diaryl/α,β-unsaturated/α-hetero) is 1. The molecular formula is C45H75N2O7+. The number of rotatable bonds is 11. The molecule has 2 heterocycles. The third-order valence-electron chi connectivity index (χ3n) is 18.7. The molecule has 4 saturated carbocycles. The Bertz CT molecular complexity index is 1480. The summed E-state index contributed by atoms with van der Waals surface area (Å²) in [4.78, 5) is 14.6. The molecule has 2 unspecified atom stereocenters. The largest absolute Gasteiger partial charge is 0.396 e. The van der Waals surface area contributed by atoms with Crippen molar-refractivity contribution in [2.75, 3.05) is 13.2 Å². The Hall–Kier alpha value is -0.910. The van der Waals surface area contributed by atoms with E-state index in [0.717, 1.165) is 62.1 Å². The summed E-state index contributed by atoms with van der Waals surface area (Å²) in [7, 11) is 0. The monoisotopic (exact) mass is 756 g/mol. The molecule has 0 radical (unpaired) electrons. The van der Waals surface area contributed by atoms with Crippen LogP contribution in [0.3, 0.4) is 0 Å². The molecule has 0 amide bonds. The quantitative estimate of drug-likeness (QED) is 0.151. The van der Waals surface area contributed by atoms with Crippen LogP contribution in [0.15, 0.2) is 11.1 Å². The van der Waals surface area contributed by atoms with Gasteiger partial charge in [-0.2, -0.15) is 0 Å². The second-order valence-corrected chi connectivity index (χ2v) is 21.7. The predicted molar refractivity (Wildman–Crippen MR) is 207 cm³/mol. The van der Waals surface area contributed by atoms with E-state index in [0.29, 0.717) is 44.4 Å². The van der Waals surface area contributed by atoms with Crippen LogP contribution in [-0.4, -0.2) is 85.7 Å². The lowest BCUT2D eigenvalue weighted by atomic mass is 9.40. The molecule has 8 rings (SSSR count). The molecular weight excluding hydrogens is 681 g/mol. The second kappa shape index (κ2) is 13.8. The fourth-order valence-electron chi connectivity index (χ4n) is 15.1. The van der Waals surface area contributed by atoms with Crippen LogP contribution in [0, 0.1) is 57.7 Å². The molecule has 6 aliphatic carbocycles. The van der Waals surface area contributed by atoms with Gasteiger partial charge >= 0.3 is 0 Å². The number of ether oxygens (including phenoxy) is 1. The molecule has 2 saturated heterocycles. The number of carbonyl (C=O) groups is 1. The average molecular weight is 756 g/mol. The minimum absolute atomic E-state index is 0.0684. The van der Waals surface area contributed by atoms with E-state index in [4.69, 9.17) is 10.5 Å². The first kappa shape index (κ1) is 39.9. The normalized spacial score (nSPS) is 48.3. The highest BCUT2D eigenvalue weighted by Crippen LogP contribution is 2.75. The van der Waals surface area contributed by atoms with E-state index in [-0.39, 0.29) is 53.6 Å². The summed E-state index contributed by atoms with van der Waals surface area (Å²) in [6, 6.07) is 0. The topological polar surface area (TPSA) is 173 Å². The summed E-state index contributed by atoms with van der Waals surface area (Å²) in [6.45, 7) is 11.0. The number of aliphatic hydroxyl groups excluding tert-OH is 2. The minimum Gasteiger partial charge on any atom is -0.396 e. The molecule has 0 aromatic rings. The highest BCUT2D eigenvalue weighted by molar-refractivity contribution is 6.00. The number of nitrogens with two attached hydrogens (primary N) is 2. The molecule has 0 spiro atoms. The number of ketones is 1. The zero-order valence-electron chi connectivity index (χ0n) is 34.2. The molecule has 0 aromatic heterocycles. The number of aliphatic hydroxyl groups is 5. The van der Waals surface area contributed by atoms with Gasteiger partial charge in [-0.05, 0) is 137 Å². The maximum atomic E-state index is 14.6. The van der Waals surface area contributed by atoms with Crippen molar-refractivity contribution in [3.63, 3.8) is 0 Å². The van der Waals surface area contributed by atoms with E-state index in [2.05, 4.69) is 19.2 Å². The maximum absolute atomic E-state index is 14.6. The summed E-state index contributed by atoms with van der Waals surface area (Å²) in [5.41, 5.74) is 2.37. The molecule has 0 aromatic carbocycles. The van der Waals surface area contributed by atoms with Crippen molar-refractivity contribution in [1.82, 2.24) is 0 Å². The van der Waals surface area contributed by atoms with Crippen LogP contribution in [0.4, 0.5) is 0 Å². The van der Waals surface area contributed by atoms with Gasteiger partial charge in [0.25, 0.3) is 0 Å². The third-order valence-corrected chi connectivity index (χ3v) is 18.7. The number of epoxide rings is 1. The molecule has 2 aliphatic heterocycles. The molecule has 0 bridgehead atoms. The van der Waals surface area contributed by atoms with Gasteiger partial charge in [0.05, 0.1) is 36.1 Å². The zero-order chi connectivity index (χ0) is 38.6. The number of hydrogen-bond acceptors (Lipinski definition) is 8. The Balaban J connectivity index is 1.11. The van der Waals surface area contributed by atoms with Crippen LogP contribution < -0.4 is 11.1 Å². The number of quaternary nitrogens is 1. The predicted octanol–water partition coefficient (Wildman–Crippen LogP) is 4.50. The summed E-state index contributed by atoms with van der Waals surface area (Å²) in [6.07, 6.45) is 15.5. The van der Waals surface area contributed by atoms with Crippen LogP contribution in [-0.2, 0) is 9.53 Å². The highest BCUT2D eigenvalue weighted by Gasteiger charge is 2.77. The fraction of sp³-hybridized carbons (Fsp3) is 0.933. The Labute approximate surface area is 324 Å². The summed E-state index contributed by atoms with van der Waals surface area (Å²) in [5, 5.41) is 62.7. The summed E-state index contributed by atoms with van der Waals surface area (Å²) in [5.74, 6) is 1.14. The van der Waals surface area contributed by atoms with Gasteiger partial charge in [0.2, 0.25) is 0 Å². The van der Waals surface area contributed by atoms with Crippen molar-refractivity contribution in [1.29, 1.82) is 0 Å². The van der Waals surface area contributed by atoms with E-state index in [1.165, 1.54) is 38.5 Å². The average Bonchev–Trinajstić information content (AvgIpc) is 3.93. The molecule has 9 heteroatoms. The molecule has 16 atom stereocenters. The van der Waals surface area contributed by atoms with Crippen molar-refractivity contribution in [2.24, 2.45) is 63.4 Å². The first-order chi connectivity index (χ1) is 25.4. The van der Waals surface area contributed by atoms with Gasteiger partial charge in [-0.25, -0.2) is 0 Å². The maximum Gasteiger partial charge on any atom is 0.162 e. The Morgan fingerprint density at radius 1 is 0.926 bits per heavy atom. The number of allylic oxidation sites excluding steroid dienone is 1. The van der Waals surface area contributed by atoms with Gasteiger partial charge in [0.1, 0.15) is 18.4 Å². The van der Waals surface area contributed by atoms with E-state index >= 15 is 0 Å². The molecule has 306 valence electrons. The van der Waals surface area contributed by atoms with Gasteiger partial charge in [0, 0.05) is 23.2 Å². The second-order valence-electron chi connectivity index (χ2n) is 21.7. The van der Waals surface area contributed by atoms with Gasteiger partial charge in [-0.1, -0.05) is 59.3 Å². The molecule has 54 heavy (non-hydrogen) atoms. The van der Waals surface area contributed by atoms with E-state index in [1.807, 2.05) is 13.8 Å². The third kappa shape index (κ3) is 5.92. The Morgan fingerprint density at radius 3 is 2.37 bits per heavy atom. The van der Waals surface area contributed by atoms with Crippen LogP contribution in [0.1, 0.15) is 150 Å². The van der Waals surface area contributed by atoms with Crippen molar-refractivity contribution in [3.8, 4) is 0 Å². The molecule has 9 N–H and O–H groups in total. The molecule has 8 aliphatic rings. The highest BCUT2D eigenvalue weighted by atomic mass is 16.6. The Kier molecular flexibility index (Phi) is 10.2. The zero-order valence-corrected chi connectivity index (χ0v) is 34.2. The first-order valence-corrected chi connectivity index (χ1v) is 22.4. The van der Waals surface area contributed by atoms with Gasteiger partial charge < -0.3 is 35.6 Å². The molecule has 9 nitrogen and oxygen atoms in total. The van der Waals surface area contributed by atoms with Crippen LogP contribution in [0.2, 0.25) is 0 Å². The lowest BCUT2D eigenvalue weighted by Crippen LogP contribution is -2.94. The van der Waals surface area contributed by atoms with E-state index < -0.39 is 45.9 Å². The number of carbonyl (C=O) groups excluding carboxylic acids is 1. The SMILES string of the molecule is C[C@](O)([C@@H]1O[C@@H]1[C@](C)(O)[C@](C)(CO)CCC1CC[NH2+]C(N)C1)[C@H]1C[C@@H]2CCC3=C4[C@H]([C@H](CCC5CCCCC5)C[C@]1(C)[C@]42O)[C@@]1(C)CC[C@H](O)C[C@H]1C3=O. The lowest BCUT2D eigenvalue weighted by Gasteiger charge is -2.65. The van der Waals surface area contributed by atoms with E-state index in [9.17, 15) is 30.3 Å². The number of hydrogen-bond donors (Lipinski definition) is 7. The van der Waals surface area contributed by atoms with Gasteiger partial charge in [-0.15, -0.1) is 0 Å². The minimum atomic E-state index is -1.39. The van der Waals surface area contributed by atoms with Crippen LogP contribution >= 0.6 is 0 Å². The van der Waals surface area contributed by atoms with Crippen LogP contribution in [0.25, 0.3) is 0 Å². The van der Waals surface area contributed by atoms with Gasteiger partial charge in [0.15, 0.2) is 5.78 Å². The lowest BCUT2D eigenvalue weighted by molar-refractivity contribution is -0.699. The number of piperidine rings is 1. The van der Waals surface area contributed by atoms with Crippen molar-refractivity contribution in [2.45, 2.75) is 191 Å². The van der Waals surface area contributed by atoms with E-state index in [1.54, 1.807) is 6.92 Å². The van der Waals surface area contributed by atoms with Crippen molar-refractivity contribution >= 4 is 5.78 Å². The molecule has 6 fully saturated rings. The smallest absolute Gasteiger partial charge is 0.162 e. The number of fused-ring (bicyclic) bond motifs is 2. The van der Waals surface area contributed by atoms with Crippen molar-refractivity contribution in [3.05, 3.63) is 11.1 Å². The van der Waals surface area contributed by atoms with Crippen LogP contribution in [0.5, 0.6) is 0 Å². The summed E-state index contributed by atoms with van der Waals surface area (Å²) >= 11 is 0. The first-order valence-electron chi connectivity index (χ1n) is 22.4. The summed E-state index contributed by atoms with van der Waals surface area (Å²) < 4.78 is 6.42. The Morgan fingerprint density at radius 2 is 1.67 bits per heavy atom. The standard InChI is InChI=1S/C45H74N2O7/c1-40(25-48,18-15-27-17-20-47-34(46)21-27)44(5,52)39-38(54-39)43(4,51)33-22-29-13-14-31-36-35(41(2)19-16-30(49)23-32(41)37(31)50)28(24-42(33,3)45(29,36)53)12-11-26-9-7-6-8-10-26/h26-30,32-35,38-39,47-49,51-53H,6-25,46H2,1-5H3/p+1/t27?,28-,29+,30+,32+,33+,34?,35+,38-,39+,40+,41+,42+,43-,44+,45-/m1/s1.